The van der Waals surface area contributed by atoms with Crippen LogP contribution in [0.2, 0.25) is 0 Å². The number of rotatable bonds is 3. The Morgan fingerprint density at radius 3 is 2.24 bits per heavy atom. The molecule has 1 N–H and O–H groups in total. The Hall–Kier alpha value is -4.11. The molecule has 6 heteroatoms. The molecule has 1 aromatic heterocycles. The van der Waals surface area contributed by atoms with Gasteiger partial charge >= 0.3 is 5.97 Å². The van der Waals surface area contributed by atoms with Gasteiger partial charge in [0.25, 0.3) is 0 Å². The lowest BCUT2D eigenvalue weighted by Crippen LogP contribution is -2.06. The number of nitrogens with zero attached hydrogens (tertiary/aromatic N) is 2. The lowest BCUT2D eigenvalue weighted by Gasteiger charge is -2.11. The Morgan fingerprint density at radius 2 is 1.59 bits per heavy atom. The third kappa shape index (κ3) is 3.30. The van der Waals surface area contributed by atoms with Gasteiger partial charge in [0.1, 0.15) is 17.7 Å². The molecule has 4 aromatic rings. The van der Waals surface area contributed by atoms with E-state index in [4.69, 9.17) is 0 Å². The highest BCUT2D eigenvalue weighted by Crippen LogP contribution is 2.31. The van der Waals surface area contributed by atoms with Gasteiger partial charge in [-0.15, -0.1) is 0 Å². The molecule has 0 fully saturated rings. The van der Waals surface area contributed by atoms with Gasteiger partial charge in [-0.1, -0.05) is 36.4 Å². The zero-order valence-corrected chi connectivity index (χ0v) is 14.9. The van der Waals surface area contributed by atoms with Gasteiger partial charge < -0.3 is 5.11 Å². The number of carboxylic acids is 1. The second-order valence-electron chi connectivity index (χ2n) is 6.38. The van der Waals surface area contributed by atoms with E-state index < -0.39 is 11.8 Å². The van der Waals surface area contributed by atoms with Crippen LogP contribution in [0, 0.1) is 23.0 Å². The molecule has 0 unspecified atom stereocenters. The van der Waals surface area contributed by atoms with Crippen LogP contribution >= 0.6 is 0 Å². The van der Waals surface area contributed by atoms with Crippen molar-refractivity contribution in [2.45, 2.75) is 0 Å². The molecule has 0 saturated heterocycles. The van der Waals surface area contributed by atoms with Crippen LogP contribution < -0.4 is 0 Å². The van der Waals surface area contributed by atoms with Crippen LogP contribution in [0.15, 0.2) is 66.7 Å². The van der Waals surface area contributed by atoms with Gasteiger partial charge in [-0.3, -0.25) is 0 Å². The number of benzene rings is 3. The molecule has 0 aliphatic heterocycles. The molecule has 4 rings (SSSR count). The SMILES string of the molecule is N#Cc1c(-c2ccc(-c3cccc(F)c3)cc2)nc2ccc(F)cc2c1C(=O)O. The van der Waals surface area contributed by atoms with Crippen LogP contribution in [0.3, 0.4) is 0 Å². The molecule has 0 saturated carbocycles. The third-order valence-electron chi connectivity index (χ3n) is 4.59. The number of hydrogen-bond donors (Lipinski definition) is 1. The first-order valence-electron chi connectivity index (χ1n) is 8.61. The summed E-state index contributed by atoms with van der Waals surface area (Å²) in [7, 11) is 0. The largest absolute Gasteiger partial charge is 0.478 e. The van der Waals surface area contributed by atoms with E-state index in [9.17, 15) is 23.9 Å². The maximum absolute atomic E-state index is 13.6. The van der Waals surface area contributed by atoms with E-state index in [0.717, 1.165) is 11.6 Å². The number of hydrogen-bond acceptors (Lipinski definition) is 3. The first kappa shape index (κ1) is 18.3. The minimum absolute atomic E-state index is 0.0641. The summed E-state index contributed by atoms with van der Waals surface area (Å²) in [5, 5.41) is 19.3. The van der Waals surface area contributed by atoms with Gasteiger partial charge in [0.15, 0.2) is 0 Å². The van der Waals surface area contributed by atoms with Crippen molar-refractivity contribution >= 4 is 16.9 Å². The number of carboxylic acid groups (broad SMARTS) is 1. The molecular formula is C23H12F2N2O2. The summed E-state index contributed by atoms with van der Waals surface area (Å²) in [6.45, 7) is 0. The predicted octanol–water partition coefficient (Wildman–Crippen LogP) is 5.42. The molecule has 3 aromatic carbocycles. The summed E-state index contributed by atoms with van der Waals surface area (Å²) in [6.07, 6.45) is 0. The number of halogens is 2. The van der Waals surface area contributed by atoms with Gasteiger partial charge in [0, 0.05) is 10.9 Å². The first-order chi connectivity index (χ1) is 14.0. The maximum Gasteiger partial charge on any atom is 0.337 e. The highest BCUT2D eigenvalue weighted by atomic mass is 19.1. The molecule has 0 aliphatic rings. The monoisotopic (exact) mass is 386 g/mol. The summed E-state index contributed by atoms with van der Waals surface area (Å²) in [4.78, 5) is 16.2. The first-order valence-corrected chi connectivity index (χ1v) is 8.61. The minimum atomic E-state index is -1.34. The number of nitriles is 1. The van der Waals surface area contributed by atoms with E-state index in [1.165, 1.54) is 24.3 Å². The Morgan fingerprint density at radius 1 is 0.897 bits per heavy atom. The molecule has 4 nitrogen and oxygen atoms in total. The van der Waals surface area contributed by atoms with E-state index in [1.54, 1.807) is 36.4 Å². The molecule has 140 valence electrons. The molecule has 0 spiro atoms. The van der Waals surface area contributed by atoms with Crippen molar-refractivity contribution in [1.82, 2.24) is 4.98 Å². The van der Waals surface area contributed by atoms with Crippen LogP contribution in [-0.4, -0.2) is 16.1 Å². The summed E-state index contributed by atoms with van der Waals surface area (Å²) >= 11 is 0. The molecule has 0 bridgehead atoms. The topological polar surface area (TPSA) is 74.0 Å². The molecule has 0 atom stereocenters. The standard InChI is InChI=1S/C23H12F2N2O2/c24-16-3-1-2-15(10-16)13-4-6-14(7-5-13)22-19(12-26)21(23(28)29)18-11-17(25)8-9-20(18)27-22/h1-11H,(H,28,29). The molecule has 29 heavy (non-hydrogen) atoms. The number of aromatic nitrogens is 1. The summed E-state index contributed by atoms with van der Waals surface area (Å²) in [5.74, 6) is -2.30. The zero-order chi connectivity index (χ0) is 20.5. The van der Waals surface area contributed by atoms with E-state index in [2.05, 4.69) is 4.98 Å². The van der Waals surface area contributed by atoms with Crippen molar-refractivity contribution in [3.63, 3.8) is 0 Å². The average Bonchev–Trinajstić information content (AvgIpc) is 2.72. The number of fused-ring (bicyclic) bond motifs is 1. The fourth-order valence-electron chi connectivity index (χ4n) is 3.26. The van der Waals surface area contributed by atoms with Crippen LogP contribution in [-0.2, 0) is 0 Å². The van der Waals surface area contributed by atoms with Crippen molar-refractivity contribution in [3.8, 4) is 28.5 Å². The van der Waals surface area contributed by atoms with Crippen molar-refractivity contribution < 1.29 is 18.7 Å². The van der Waals surface area contributed by atoms with Gasteiger partial charge in [-0.25, -0.2) is 18.6 Å². The van der Waals surface area contributed by atoms with Crippen molar-refractivity contribution in [2.75, 3.05) is 0 Å². The fourth-order valence-corrected chi connectivity index (χ4v) is 3.26. The Kier molecular flexibility index (Phi) is 4.49. The van der Waals surface area contributed by atoms with E-state index >= 15 is 0 Å². The predicted molar refractivity (Wildman–Crippen MR) is 104 cm³/mol. The highest BCUT2D eigenvalue weighted by Gasteiger charge is 2.21. The highest BCUT2D eigenvalue weighted by molar-refractivity contribution is 6.06. The quantitative estimate of drug-likeness (QED) is 0.510. The fraction of sp³-hybridized carbons (Fsp3) is 0. The van der Waals surface area contributed by atoms with Gasteiger partial charge in [0.05, 0.1) is 22.3 Å². The maximum atomic E-state index is 13.6. The smallest absolute Gasteiger partial charge is 0.337 e. The third-order valence-corrected chi connectivity index (χ3v) is 4.59. The molecule has 0 aliphatic carbocycles. The second kappa shape index (κ2) is 7.13. The lowest BCUT2D eigenvalue weighted by atomic mass is 9.96. The lowest BCUT2D eigenvalue weighted by molar-refractivity contribution is 0.0698. The van der Waals surface area contributed by atoms with E-state index in [0.29, 0.717) is 11.1 Å². The van der Waals surface area contributed by atoms with E-state index in [1.807, 2.05) is 6.07 Å². The van der Waals surface area contributed by atoms with Crippen LogP contribution in [0.1, 0.15) is 15.9 Å². The number of aromatic carboxylic acids is 1. The van der Waals surface area contributed by atoms with Crippen LogP contribution in [0.4, 0.5) is 8.78 Å². The minimum Gasteiger partial charge on any atom is -0.478 e. The van der Waals surface area contributed by atoms with Crippen molar-refractivity contribution in [2.24, 2.45) is 0 Å². The zero-order valence-electron chi connectivity index (χ0n) is 14.9. The Bertz CT molecular complexity index is 1310. The van der Waals surface area contributed by atoms with Crippen LogP contribution in [0.25, 0.3) is 33.3 Å². The molecule has 1 heterocycles. The second-order valence-corrected chi connectivity index (χ2v) is 6.38. The average molecular weight is 386 g/mol. The van der Waals surface area contributed by atoms with Crippen molar-refractivity contribution in [1.29, 1.82) is 5.26 Å². The van der Waals surface area contributed by atoms with Crippen LogP contribution in [0.5, 0.6) is 0 Å². The summed E-state index contributed by atoms with van der Waals surface area (Å²) in [5.41, 5.74) is 1.99. The van der Waals surface area contributed by atoms with E-state index in [-0.39, 0.29) is 33.5 Å². The van der Waals surface area contributed by atoms with Crippen molar-refractivity contribution in [3.05, 3.63) is 89.5 Å². The van der Waals surface area contributed by atoms with Gasteiger partial charge in [-0.2, -0.15) is 5.26 Å². The Balaban J connectivity index is 1.91. The summed E-state index contributed by atoms with van der Waals surface area (Å²) < 4.78 is 27.1. The van der Waals surface area contributed by atoms with Gasteiger partial charge in [-0.05, 0) is 41.5 Å². The molecular weight excluding hydrogens is 374 g/mol. The summed E-state index contributed by atoms with van der Waals surface area (Å²) in [6, 6.07) is 18.5. The number of pyridine rings is 1. The Labute approximate surface area is 164 Å². The molecule has 0 radical (unpaired) electrons. The normalized spacial score (nSPS) is 10.7. The van der Waals surface area contributed by atoms with Gasteiger partial charge in [0.2, 0.25) is 0 Å². The molecule has 0 amide bonds. The number of carbonyl (C=O) groups is 1.